The highest BCUT2D eigenvalue weighted by Gasteiger charge is 2.24. The van der Waals surface area contributed by atoms with Gasteiger partial charge < -0.3 is 15.1 Å². The number of carbonyl (C=O) groups is 2. The number of halogens is 1. The Bertz CT molecular complexity index is 988. The Morgan fingerprint density at radius 2 is 1.79 bits per heavy atom. The zero-order chi connectivity index (χ0) is 20.2. The van der Waals surface area contributed by atoms with Crippen LogP contribution in [0.5, 0.6) is 0 Å². The van der Waals surface area contributed by atoms with Crippen molar-refractivity contribution in [3.05, 3.63) is 57.9 Å². The first-order valence-electron chi connectivity index (χ1n) is 9.20. The van der Waals surface area contributed by atoms with Crippen LogP contribution < -0.4 is 5.32 Å². The highest BCUT2D eigenvalue weighted by atomic mass is 35.5. The summed E-state index contributed by atoms with van der Waals surface area (Å²) in [6.45, 7) is 2.21. The average Bonchev–Trinajstić information content (AvgIpc) is 3.36. The summed E-state index contributed by atoms with van der Waals surface area (Å²) in [4.78, 5) is 35.1. The molecule has 1 aliphatic rings. The van der Waals surface area contributed by atoms with Crippen LogP contribution in [0.2, 0.25) is 5.02 Å². The van der Waals surface area contributed by atoms with E-state index in [4.69, 9.17) is 11.6 Å². The maximum Gasteiger partial charge on any atom is 0.321 e. The van der Waals surface area contributed by atoms with E-state index in [9.17, 15) is 9.59 Å². The third-order valence-electron chi connectivity index (χ3n) is 4.61. The summed E-state index contributed by atoms with van der Waals surface area (Å²) in [7, 11) is 0. The number of rotatable bonds is 3. The van der Waals surface area contributed by atoms with Crippen LogP contribution in [0.1, 0.15) is 16.1 Å². The minimum atomic E-state index is -0.167. The van der Waals surface area contributed by atoms with E-state index in [0.29, 0.717) is 41.8 Å². The molecule has 0 unspecified atom stereocenters. The smallest absolute Gasteiger partial charge is 0.321 e. The summed E-state index contributed by atoms with van der Waals surface area (Å²) < 4.78 is 0. The predicted molar refractivity (Wildman–Crippen MR) is 118 cm³/mol. The summed E-state index contributed by atoms with van der Waals surface area (Å²) in [5, 5.41) is 6.36. The molecule has 0 radical (unpaired) electrons. The Labute approximate surface area is 181 Å². The number of thiazole rings is 1. The summed E-state index contributed by atoms with van der Waals surface area (Å²) in [6, 6.07) is 10.8. The maximum absolute atomic E-state index is 12.9. The van der Waals surface area contributed by atoms with E-state index in [1.807, 2.05) is 17.5 Å². The Balaban J connectivity index is 1.36. The van der Waals surface area contributed by atoms with Crippen molar-refractivity contribution in [2.45, 2.75) is 6.42 Å². The van der Waals surface area contributed by atoms with Crippen LogP contribution in [-0.4, -0.2) is 52.9 Å². The van der Waals surface area contributed by atoms with E-state index in [1.54, 1.807) is 51.6 Å². The van der Waals surface area contributed by atoms with Crippen LogP contribution in [0.4, 0.5) is 10.5 Å². The van der Waals surface area contributed by atoms with Gasteiger partial charge in [-0.25, -0.2) is 9.78 Å². The van der Waals surface area contributed by atoms with Gasteiger partial charge in [-0.15, -0.1) is 22.7 Å². The number of nitrogens with zero attached hydrogens (tertiary/aromatic N) is 3. The lowest BCUT2D eigenvalue weighted by atomic mass is 10.3. The number of carbonyl (C=O) groups excluding carboxylic acids is 2. The van der Waals surface area contributed by atoms with Gasteiger partial charge in [0.15, 0.2) is 0 Å². The molecule has 0 bridgehead atoms. The number of amides is 3. The van der Waals surface area contributed by atoms with Crippen molar-refractivity contribution >= 4 is 51.9 Å². The van der Waals surface area contributed by atoms with E-state index < -0.39 is 0 Å². The molecule has 3 heterocycles. The monoisotopic (exact) mass is 446 g/mol. The molecular weight excluding hydrogens is 428 g/mol. The molecule has 1 fully saturated rings. The molecule has 3 aromatic rings. The largest absolute Gasteiger partial charge is 0.336 e. The Kier molecular flexibility index (Phi) is 6.13. The SMILES string of the molecule is O=C(Nc1ccc(Cl)cc1)N1CCCN(C(=O)c2cnc(-c3cccs3)s2)CC1. The van der Waals surface area contributed by atoms with E-state index >= 15 is 0 Å². The van der Waals surface area contributed by atoms with Crippen molar-refractivity contribution in [3.63, 3.8) is 0 Å². The number of hydrogen-bond acceptors (Lipinski definition) is 5. The topological polar surface area (TPSA) is 65.5 Å². The molecule has 0 spiro atoms. The molecule has 0 aliphatic carbocycles. The number of aromatic nitrogens is 1. The Morgan fingerprint density at radius 1 is 1.03 bits per heavy atom. The molecule has 1 N–H and O–H groups in total. The van der Waals surface area contributed by atoms with Gasteiger partial charge in [-0.05, 0) is 42.1 Å². The van der Waals surface area contributed by atoms with Gasteiger partial charge in [0.25, 0.3) is 5.91 Å². The standard InChI is InChI=1S/C20H19ClN4O2S2/c21-14-4-6-15(7-5-14)23-20(27)25-9-2-8-24(10-11-25)19(26)17-13-22-18(29-17)16-3-1-12-28-16/h1,3-7,12-13H,2,8-11H2,(H,23,27). The molecular formula is C20H19ClN4O2S2. The lowest BCUT2D eigenvalue weighted by Crippen LogP contribution is -2.39. The predicted octanol–water partition coefficient (Wildman–Crippen LogP) is 4.91. The summed E-state index contributed by atoms with van der Waals surface area (Å²) in [5.74, 6) is -0.0229. The number of nitrogens with one attached hydrogen (secondary N) is 1. The number of benzene rings is 1. The van der Waals surface area contributed by atoms with E-state index in [1.165, 1.54) is 11.3 Å². The molecule has 3 amide bonds. The molecule has 29 heavy (non-hydrogen) atoms. The van der Waals surface area contributed by atoms with Crippen molar-refractivity contribution in [2.24, 2.45) is 0 Å². The van der Waals surface area contributed by atoms with E-state index in [2.05, 4.69) is 10.3 Å². The Morgan fingerprint density at radius 3 is 2.55 bits per heavy atom. The molecule has 0 saturated carbocycles. The zero-order valence-electron chi connectivity index (χ0n) is 15.5. The minimum absolute atomic E-state index is 0.0229. The normalized spacial score (nSPS) is 14.5. The quantitative estimate of drug-likeness (QED) is 0.621. The highest BCUT2D eigenvalue weighted by molar-refractivity contribution is 7.21. The first-order valence-corrected chi connectivity index (χ1v) is 11.3. The van der Waals surface area contributed by atoms with Gasteiger partial charge in [0.1, 0.15) is 9.88 Å². The summed E-state index contributed by atoms with van der Waals surface area (Å²) in [5.41, 5.74) is 0.697. The van der Waals surface area contributed by atoms with Crippen LogP contribution >= 0.6 is 34.3 Å². The van der Waals surface area contributed by atoms with Crippen molar-refractivity contribution < 1.29 is 9.59 Å². The third-order valence-corrected chi connectivity index (χ3v) is 6.89. The summed E-state index contributed by atoms with van der Waals surface area (Å²) in [6.07, 6.45) is 2.38. The molecule has 9 heteroatoms. The van der Waals surface area contributed by atoms with Gasteiger partial charge in [0.2, 0.25) is 0 Å². The van der Waals surface area contributed by atoms with Gasteiger partial charge in [-0.1, -0.05) is 17.7 Å². The molecule has 4 rings (SSSR count). The number of hydrogen-bond donors (Lipinski definition) is 1. The fraction of sp³-hybridized carbons (Fsp3) is 0.250. The second kappa shape index (κ2) is 8.94. The Hall–Kier alpha value is -2.42. The van der Waals surface area contributed by atoms with Gasteiger partial charge in [0, 0.05) is 36.9 Å². The lowest BCUT2D eigenvalue weighted by Gasteiger charge is -2.22. The van der Waals surface area contributed by atoms with Crippen molar-refractivity contribution in [1.29, 1.82) is 0 Å². The van der Waals surface area contributed by atoms with Crippen molar-refractivity contribution in [1.82, 2.24) is 14.8 Å². The van der Waals surface area contributed by atoms with E-state index in [0.717, 1.165) is 16.3 Å². The van der Waals surface area contributed by atoms with Crippen LogP contribution in [0.15, 0.2) is 48.0 Å². The third kappa shape index (κ3) is 4.77. The average molecular weight is 447 g/mol. The van der Waals surface area contributed by atoms with Crippen LogP contribution in [0.25, 0.3) is 9.88 Å². The number of thiophene rings is 1. The van der Waals surface area contributed by atoms with Gasteiger partial charge in [-0.3, -0.25) is 4.79 Å². The van der Waals surface area contributed by atoms with Gasteiger partial charge >= 0.3 is 6.03 Å². The molecule has 1 aromatic carbocycles. The fourth-order valence-corrected chi connectivity index (χ4v) is 4.92. The molecule has 1 aliphatic heterocycles. The van der Waals surface area contributed by atoms with Crippen LogP contribution in [0, 0.1) is 0 Å². The second-order valence-corrected chi connectivity index (χ2v) is 8.99. The molecule has 2 aromatic heterocycles. The van der Waals surface area contributed by atoms with Crippen molar-refractivity contribution in [3.8, 4) is 9.88 Å². The van der Waals surface area contributed by atoms with Gasteiger partial charge in [-0.2, -0.15) is 0 Å². The second-order valence-electron chi connectivity index (χ2n) is 6.58. The summed E-state index contributed by atoms with van der Waals surface area (Å²) >= 11 is 8.90. The van der Waals surface area contributed by atoms with Gasteiger partial charge in [0.05, 0.1) is 11.1 Å². The first-order chi connectivity index (χ1) is 14.1. The fourth-order valence-electron chi connectivity index (χ4n) is 3.10. The zero-order valence-corrected chi connectivity index (χ0v) is 17.9. The lowest BCUT2D eigenvalue weighted by molar-refractivity contribution is 0.0767. The van der Waals surface area contributed by atoms with Crippen molar-refractivity contribution in [2.75, 3.05) is 31.5 Å². The minimum Gasteiger partial charge on any atom is -0.336 e. The molecule has 150 valence electrons. The number of anilines is 1. The highest BCUT2D eigenvalue weighted by Crippen LogP contribution is 2.29. The van der Waals surface area contributed by atoms with Crippen LogP contribution in [-0.2, 0) is 0 Å². The molecule has 6 nitrogen and oxygen atoms in total. The maximum atomic E-state index is 12.9. The van der Waals surface area contributed by atoms with E-state index in [-0.39, 0.29) is 11.9 Å². The molecule has 0 atom stereocenters. The first kappa shape index (κ1) is 19.9. The molecule has 1 saturated heterocycles. The van der Waals surface area contributed by atoms with Crippen LogP contribution in [0.3, 0.4) is 0 Å². The number of urea groups is 1.